The van der Waals surface area contributed by atoms with E-state index in [4.69, 9.17) is 0 Å². The van der Waals surface area contributed by atoms with E-state index in [2.05, 4.69) is 104 Å². The second kappa shape index (κ2) is 5.36. The second-order valence-electron chi connectivity index (χ2n) is 8.33. The normalized spacial score (nSPS) is 14.4. The molecule has 1 aromatic heterocycles. The topological polar surface area (TPSA) is 15.8 Å². The van der Waals surface area contributed by atoms with Crippen LogP contribution >= 0.6 is 0 Å². The molecule has 0 amide bonds. The van der Waals surface area contributed by atoms with Gasteiger partial charge in [0.25, 0.3) is 0 Å². The van der Waals surface area contributed by atoms with Gasteiger partial charge in [-0.3, -0.25) is 0 Å². The molecule has 1 heteroatoms. The number of rotatable bonds is 1. The van der Waals surface area contributed by atoms with Gasteiger partial charge in [0.2, 0.25) is 0 Å². The van der Waals surface area contributed by atoms with Crippen molar-refractivity contribution in [3.63, 3.8) is 0 Å². The third kappa shape index (κ3) is 1.96. The highest BCUT2D eigenvalue weighted by molar-refractivity contribution is 6.12. The van der Waals surface area contributed by atoms with E-state index in [1.807, 2.05) is 0 Å². The lowest BCUT2D eigenvalue weighted by molar-refractivity contribution is 0.660. The number of fused-ring (bicyclic) bond motifs is 6. The third-order valence-electron chi connectivity index (χ3n) is 6.44. The van der Waals surface area contributed by atoms with Gasteiger partial charge in [-0.25, -0.2) is 0 Å². The molecule has 1 aliphatic carbocycles. The average Bonchev–Trinajstić information content (AvgIpc) is 3.22. The lowest BCUT2D eigenvalue weighted by Crippen LogP contribution is -2.14. The summed E-state index contributed by atoms with van der Waals surface area (Å²) >= 11 is 0. The zero-order chi connectivity index (χ0) is 18.9. The van der Waals surface area contributed by atoms with Crippen LogP contribution in [0.1, 0.15) is 25.0 Å². The predicted molar refractivity (Wildman–Crippen MR) is 119 cm³/mol. The van der Waals surface area contributed by atoms with Gasteiger partial charge in [0.1, 0.15) is 0 Å². The van der Waals surface area contributed by atoms with Crippen LogP contribution in [-0.2, 0) is 5.41 Å². The molecule has 1 heterocycles. The fraction of sp³-hybridized carbons (Fsp3) is 0.111. The SMILES string of the molecule is CC1(C)c2ccccc2-c2cc(-c3cccc4c3[nH]c3ccccc34)ccc21. The molecular formula is C27H21N. The first-order valence-corrected chi connectivity index (χ1v) is 9.89. The minimum atomic E-state index is 0.0532. The number of nitrogens with one attached hydrogen (secondary N) is 1. The molecule has 1 N–H and O–H groups in total. The monoisotopic (exact) mass is 359 g/mol. The Bertz CT molecular complexity index is 1380. The van der Waals surface area contributed by atoms with Gasteiger partial charge in [0, 0.05) is 27.3 Å². The van der Waals surface area contributed by atoms with E-state index in [9.17, 15) is 0 Å². The summed E-state index contributed by atoms with van der Waals surface area (Å²) in [6.45, 7) is 4.66. The lowest BCUT2D eigenvalue weighted by atomic mass is 9.82. The highest BCUT2D eigenvalue weighted by Gasteiger charge is 2.35. The number of hydrogen-bond acceptors (Lipinski definition) is 0. The predicted octanol–water partition coefficient (Wildman–Crippen LogP) is 7.29. The van der Waals surface area contributed by atoms with Crippen molar-refractivity contribution < 1.29 is 0 Å². The summed E-state index contributed by atoms with van der Waals surface area (Å²) in [4.78, 5) is 3.65. The second-order valence-corrected chi connectivity index (χ2v) is 8.33. The standard InChI is InChI=1S/C27H21N/c1-27(2)23-12-5-3-8-19(23)22-16-17(14-15-24(22)27)18-10-7-11-21-20-9-4-6-13-25(20)28-26(18)21/h3-16,28H,1-2H3. The van der Waals surface area contributed by atoms with Gasteiger partial charge in [0.15, 0.2) is 0 Å². The van der Waals surface area contributed by atoms with E-state index in [1.165, 1.54) is 55.2 Å². The Labute approximate surface area is 164 Å². The molecule has 0 saturated heterocycles. The largest absolute Gasteiger partial charge is 0.354 e. The van der Waals surface area contributed by atoms with E-state index >= 15 is 0 Å². The Morgan fingerprint density at radius 2 is 1.32 bits per heavy atom. The molecule has 4 aromatic carbocycles. The summed E-state index contributed by atoms with van der Waals surface area (Å²) in [7, 11) is 0. The van der Waals surface area contributed by atoms with Crippen molar-refractivity contribution in [3.05, 3.63) is 96.1 Å². The minimum Gasteiger partial charge on any atom is -0.354 e. The summed E-state index contributed by atoms with van der Waals surface area (Å²) in [5.74, 6) is 0. The molecule has 0 unspecified atom stereocenters. The smallest absolute Gasteiger partial charge is 0.0544 e. The van der Waals surface area contributed by atoms with Crippen LogP contribution in [0.25, 0.3) is 44.1 Å². The molecule has 1 aliphatic rings. The van der Waals surface area contributed by atoms with Crippen LogP contribution in [0, 0.1) is 0 Å². The minimum absolute atomic E-state index is 0.0532. The maximum atomic E-state index is 3.65. The summed E-state index contributed by atoms with van der Waals surface area (Å²) < 4.78 is 0. The van der Waals surface area contributed by atoms with E-state index < -0.39 is 0 Å². The van der Waals surface area contributed by atoms with E-state index in [-0.39, 0.29) is 5.41 Å². The molecule has 0 saturated carbocycles. The third-order valence-corrected chi connectivity index (χ3v) is 6.44. The Morgan fingerprint density at radius 3 is 2.25 bits per heavy atom. The van der Waals surface area contributed by atoms with Crippen molar-refractivity contribution in [2.24, 2.45) is 0 Å². The summed E-state index contributed by atoms with van der Waals surface area (Å²) in [6.07, 6.45) is 0. The van der Waals surface area contributed by atoms with Crippen LogP contribution < -0.4 is 0 Å². The first-order chi connectivity index (χ1) is 13.6. The van der Waals surface area contributed by atoms with Crippen molar-refractivity contribution in [1.82, 2.24) is 4.98 Å². The van der Waals surface area contributed by atoms with Gasteiger partial charge in [-0.2, -0.15) is 0 Å². The first kappa shape index (κ1) is 15.7. The van der Waals surface area contributed by atoms with Gasteiger partial charge < -0.3 is 4.98 Å². The van der Waals surface area contributed by atoms with Crippen molar-refractivity contribution >= 4 is 21.8 Å². The fourth-order valence-electron chi connectivity index (χ4n) is 5.00. The fourth-order valence-corrected chi connectivity index (χ4v) is 5.00. The molecule has 28 heavy (non-hydrogen) atoms. The highest BCUT2D eigenvalue weighted by atomic mass is 14.7. The van der Waals surface area contributed by atoms with Crippen LogP contribution in [-0.4, -0.2) is 4.98 Å². The van der Waals surface area contributed by atoms with Gasteiger partial charge in [-0.15, -0.1) is 0 Å². The molecule has 0 fully saturated rings. The Kier molecular flexibility index (Phi) is 3.01. The van der Waals surface area contributed by atoms with E-state index in [1.54, 1.807) is 0 Å². The number of hydrogen-bond donors (Lipinski definition) is 1. The quantitative estimate of drug-likeness (QED) is 0.323. The number of para-hydroxylation sites is 2. The number of aromatic amines is 1. The van der Waals surface area contributed by atoms with Crippen LogP contribution in [0.5, 0.6) is 0 Å². The zero-order valence-corrected chi connectivity index (χ0v) is 16.1. The van der Waals surface area contributed by atoms with Crippen molar-refractivity contribution in [1.29, 1.82) is 0 Å². The van der Waals surface area contributed by atoms with E-state index in [0.717, 1.165) is 0 Å². The molecular weight excluding hydrogens is 338 g/mol. The van der Waals surface area contributed by atoms with E-state index in [0.29, 0.717) is 0 Å². The molecule has 0 radical (unpaired) electrons. The van der Waals surface area contributed by atoms with Crippen LogP contribution in [0.15, 0.2) is 84.9 Å². The Morgan fingerprint density at radius 1 is 0.607 bits per heavy atom. The van der Waals surface area contributed by atoms with Crippen LogP contribution in [0.2, 0.25) is 0 Å². The highest BCUT2D eigenvalue weighted by Crippen LogP contribution is 2.49. The summed E-state index contributed by atoms with van der Waals surface area (Å²) in [5.41, 5.74) is 10.6. The molecule has 0 aliphatic heterocycles. The molecule has 0 bridgehead atoms. The van der Waals surface area contributed by atoms with Crippen LogP contribution in [0.4, 0.5) is 0 Å². The first-order valence-electron chi connectivity index (χ1n) is 9.89. The summed E-state index contributed by atoms with van der Waals surface area (Å²) in [5, 5.41) is 2.57. The average molecular weight is 359 g/mol. The lowest BCUT2D eigenvalue weighted by Gasteiger charge is -2.21. The zero-order valence-electron chi connectivity index (χ0n) is 16.1. The van der Waals surface area contributed by atoms with Gasteiger partial charge in [0.05, 0.1) is 5.52 Å². The Balaban J connectivity index is 1.63. The van der Waals surface area contributed by atoms with Crippen molar-refractivity contribution in [2.45, 2.75) is 19.3 Å². The van der Waals surface area contributed by atoms with Crippen molar-refractivity contribution in [3.8, 4) is 22.3 Å². The number of aromatic nitrogens is 1. The number of H-pyrrole nitrogens is 1. The van der Waals surface area contributed by atoms with Crippen LogP contribution in [0.3, 0.4) is 0 Å². The maximum absolute atomic E-state index is 3.65. The molecule has 6 rings (SSSR count). The Hall–Kier alpha value is -3.32. The summed E-state index contributed by atoms with van der Waals surface area (Å²) in [6, 6.07) is 31.0. The van der Waals surface area contributed by atoms with Crippen molar-refractivity contribution in [2.75, 3.05) is 0 Å². The molecule has 5 aromatic rings. The molecule has 1 nitrogen and oxygen atoms in total. The molecule has 134 valence electrons. The number of benzene rings is 4. The van der Waals surface area contributed by atoms with Gasteiger partial charge in [-0.05, 0) is 39.9 Å². The molecule has 0 spiro atoms. The maximum Gasteiger partial charge on any atom is 0.0544 e. The van der Waals surface area contributed by atoms with Gasteiger partial charge in [-0.1, -0.05) is 86.6 Å². The van der Waals surface area contributed by atoms with Gasteiger partial charge >= 0.3 is 0 Å². The molecule has 0 atom stereocenters.